The molecule has 3 rings (SSSR count). The number of furan rings is 1. The average Bonchev–Trinajstić information content (AvgIpc) is 3.20. The third kappa shape index (κ3) is 4.95. The highest BCUT2D eigenvalue weighted by Gasteiger charge is 2.15. The van der Waals surface area contributed by atoms with Crippen molar-refractivity contribution in [3.8, 4) is 5.75 Å². The third-order valence-corrected chi connectivity index (χ3v) is 4.95. The van der Waals surface area contributed by atoms with E-state index in [-0.39, 0.29) is 11.8 Å². The molecule has 2 N–H and O–H groups in total. The van der Waals surface area contributed by atoms with Gasteiger partial charge in [-0.1, -0.05) is 12.1 Å². The summed E-state index contributed by atoms with van der Waals surface area (Å²) < 4.78 is 10.7. The second-order valence-electron chi connectivity index (χ2n) is 5.91. The number of carbonyl (C=O) groups is 2. The molecule has 0 aliphatic rings. The van der Waals surface area contributed by atoms with Gasteiger partial charge in [0.2, 0.25) is 5.91 Å². The molecule has 0 aliphatic carbocycles. The first-order valence-corrected chi connectivity index (χ1v) is 9.56. The fourth-order valence-electron chi connectivity index (χ4n) is 2.60. The van der Waals surface area contributed by atoms with Gasteiger partial charge in [0.05, 0.1) is 30.4 Å². The second kappa shape index (κ2) is 9.14. The van der Waals surface area contributed by atoms with Crippen molar-refractivity contribution in [2.45, 2.75) is 17.6 Å². The summed E-state index contributed by atoms with van der Waals surface area (Å²) in [7, 11) is 1.52. The van der Waals surface area contributed by atoms with Gasteiger partial charge in [0.1, 0.15) is 11.5 Å². The summed E-state index contributed by atoms with van der Waals surface area (Å²) in [6.45, 7) is 1.43. The average molecular weight is 396 g/mol. The molecule has 0 spiro atoms. The lowest BCUT2D eigenvalue weighted by atomic mass is 10.2. The van der Waals surface area contributed by atoms with E-state index in [9.17, 15) is 9.59 Å². The van der Waals surface area contributed by atoms with Crippen molar-refractivity contribution in [2.24, 2.45) is 0 Å². The Bertz CT molecular complexity index is 970. The van der Waals surface area contributed by atoms with Crippen molar-refractivity contribution in [3.05, 3.63) is 72.2 Å². The minimum atomic E-state index is -0.263. The molecule has 0 atom stereocenters. The number of ether oxygens (including phenoxy) is 1. The number of amides is 2. The molecule has 3 aromatic rings. The zero-order chi connectivity index (χ0) is 19.9. The van der Waals surface area contributed by atoms with Crippen LogP contribution in [0.5, 0.6) is 5.75 Å². The maximum atomic E-state index is 12.9. The van der Waals surface area contributed by atoms with Crippen LogP contribution in [0.2, 0.25) is 0 Å². The van der Waals surface area contributed by atoms with Crippen molar-refractivity contribution in [3.63, 3.8) is 0 Å². The standard InChI is InChI=1S/C21H20N2O4S/c1-14(24)22-15-9-10-19(26-2)18(12-15)23-21(25)17-7-3-4-8-20(17)28-13-16-6-5-11-27-16/h3-12H,13H2,1-2H3,(H,22,24)(H,23,25). The van der Waals surface area contributed by atoms with Gasteiger partial charge in [-0.2, -0.15) is 0 Å². The van der Waals surface area contributed by atoms with Gasteiger partial charge in [0, 0.05) is 17.5 Å². The van der Waals surface area contributed by atoms with Gasteiger partial charge < -0.3 is 19.8 Å². The predicted molar refractivity (Wildman–Crippen MR) is 110 cm³/mol. The first-order valence-electron chi connectivity index (χ1n) is 8.58. The number of rotatable bonds is 7. The van der Waals surface area contributed by atoms with E-state index in [4.69, 9.17) is 9.15 Å². The molecular formula is C21H20N2O4S. The van der Waals surface area contributed by atoms with E-state index < -0.39 is 0 Å². The summed E-state index contributed by atoms with van der Waals surface area (Å²) in [4.78, 5) is 25.0. The van der Waals surface area contributed by atoms with Crippen molar-refractivity contribution in [2.75, 3.05) is 17.7 Å². The topological polar surface area (TPSA) is 80.6 Å². The molecule has 0 bridgehead atoms. The van der Waals surface area contributed by atoms with Crippen molar-refractivity contribution >= 4 is 35.0 Å². The molecule has 0 aliphatic heterocycles. The highest BCUT2D eigenvalue weighted by molar-refractivity contribution is 7.98. The van der Waals surface area contributed by atoms with Gasteiger partial charge in [0.25, 0.3) is 5.91 Å². The van der Waals surface area contributed by atoms with E-state index in [1.807, 2.05) is 30.3 Å². The van der Waals surface area contributed by atoms with Crippen LogP contribution < -0.4 is 15.4 Å². The second-order valence-corrected chi connectivity index (χ2v) is 6.93. The molecule has 2 amide bonds. The Morgan fingerprint density at radius 3 is 2.61 bits per heavy atom. The predicted octanol–water partition coefficient (Wildman–Crippen LogP) is 4.79. The summed E-state index contributed by atoms with van der Waals surface area (Å²) in [5.41, 5.74) is 1.60. The fraction of sp³-hybridized carbons (Fsp3) is 0.143. The normalized spacial score (nSPS) is 10.4. The lowest BCUT2D eigenvalue weighted by Crippen LogP contribution is -2.14. The van der Waals surface area contributed by atoms with Gasteiger partial charge in [-0.05, 0) is 42.5 Å². The Hall–Kier alpha value is -3.19. The fourth-order valence-corrected chi connectivity index (χ4v) is 3.55. The van der Waals surface area contributed by atoms with Crippen molar-refractivity contribution in [1.82, 2.24) is 0 Å². The summed E-state index contributed by atoms with van der Waals surface area (Å²) in [5, 5.41) is 5.57. The van der Waals surface area contributed by atoms with E-state index in [1.54, 1.807) is 30.5 Å². The number of nitrogens with one attached hydrogen (secondary N) is 2. The number of anilines is 2. The molecule has 28 heavy (non-hydrogen) atoms. The van der Waals surface area contributed by atoms with E-state index in [0.29, 0.717) is 28.4 Å². The Labute approximate surface area is 167 Å². The largest absolute Gasteiger partial charge is 0.495 e. The Morgan fingerprint density at radius 1 is 1.07 bits per heavy atom. The zero-order valence-electron chi connectivity index (χ0n) is 15.5. The van der Waals surface area contributed by atoms with Crippen molar-refractivity contribution in [1.29, 1.82) is 0 Å². The number of hydrogen-bond acceptors (Lipinski definition) is 5. The molecule has 0 fully saturated rings. The van der Waals surface area contributed by atoms with Gasteiger partial charge in [-0.3, -0.25) is 9.59 Å². The quantitative estimate of drug-likeness (QED) is 0.561. The Morgan fingerprint density at radius 2 is 1.89 bits per heavy atom. The van der Waals surface area contributed by atoms with E-state index in [0.717, 1.165) is 10.7 Å². The van der Waals surface area contributed by atoms with Gasteiger partial charge in [-0.15, -0.1) is 11.8 Å². The van der Waals surface area contributed by atoms with E-state index in [2.05, 4.69) is 10.6 Å². The summed E-state index contributed by atoms with van der Waals surface area (Å²) in [6, 6.07) is 16.2. The van der Waals surface area contributed by atoms with Gasteiger partial charge in [0.15, 0.2) is 0 Å². The maximum absolute atomic E-state index is 12.9. The number of thioether (sulfide) groups is 1. The first-order chi connectivity index (χ1) is 13.6. The molecule has 6 nitrogen and oxygen atoms in total. The van der Waals surface area contributed by atoms with Crippen LogP contribution in [-0.2, 0) is 10.5 Å². The van der Waals surface area contributed by atoms with Crippen LogP contribution in [0.1, 0.15) is 23.0 Å². The highest BCUT2D eigenvalue weighted by atomic mass is 32.2. The maximum Gasteiger partial charge on any atom is 0.256 e. The minimum Gasteiger partial charge on any atom is -0.495 e. The van der Waals surface area contributed by atoms with E-state index >= 15 is 0 Å². The molecule has 0 saturated carbocycles. The number of benzene rings is 2. The third-order valence-electron chi connectivity index (χ3n) is 3.85. The number of carbonyl (C=O) groups excluding carboxylic acids is 2. The Balaban J connectivity index is 1.80. The summed E-state index contributed by atoms with van der Waals surface area (Å²) >= 11 is 1.52. The van der Waals surface area contributed by atoms with Crippen molar-refractivity contribution < 1.29 is 18.7 Å². The van der Waals surface area contributed by atoms with Crippen LogP contribution in [0.25, 0.3) is 0 Å². The smallest absolute Gasteiger partial charge is 0.256 e. The molecule has 2 aromatic carbocycles. The first kappa shape index (κ1) is 19.6. The Kier molecular flexibility index (Phi) is 6.39. The van der Waals surface area contributed by atoms with E-state index in [1.165, 1.54) is 25.8 Å². The lowest BCUT2D eigenvalue weighted by Gasteiger charge is -2.14. The summed E-state index contributed by atoms with van der Waals surface area (Å²) in [5.74, 6) is 1.51. The molecular weight excluding hydrogens is 376 g/mol. The van der Waals surface area contributed by atoms with Crippen LogP contribution >= 0.6 is 11.8 Å². The zero-order valence-corrected chi connectivity index (χ0v) is 16.3. The highest BCUT2D eigenvalue weighted by Crippen LogP contribution is 2.31. The van der Waals surface area contributed by atoms with Crippen LogP contribution in [0.15, 0.2) is 70.2 Å². The van der Waals surface area contributed by atoms with Crippen LogP contribution in [0.3, 0.4) is 0 Å². The monoisotopic (exact) mass is 396 g/mol. The van der Waals surface area contributed by atoms with Gasteiger partial charge in [-0.25, -0.2) is 0 Å². The number of hydrogen-bond donors (Lipinski definition) is 2. The van der Waals surface area contributed by atoms with Crippen LogP contribution in [0.4, 0.5) is 11.4 Å². The molecule has 0 unspecified atom stereocenters. The molecule has 0 radical (unpaired) electrons. The molecule has 144 valence electrons. The minimum absolute atomic E-state index is 0.192. The summed E-state index contributed by atoms with van der Waals surface area (Å²) in [6.07, 6.45) is 1.63. The lowest BCUT2D eigenvalue weighted by molar-refractivity contribution is -0.114. The molecule has 7 heteroatoms. The SMILES string of the molecule is COc1ccc(NC(C)=O)cc1NC(=O)c1ccccc1SCc1ccco1. The molecule has 1 heterocycles. The molecule has 0 saturated heterocycles. The number of methoxy groups -OCH3 is 1. The van der Waals surface area contributed by atoms with Gasteiger partial charge >= 0.3 is 0 Å². The van der Waals surface area contributed by atoms with Crippen LogP contribution in [-0.4, -0.2) is 18.9 Å². The molecule has 1 aromatic heterocycles. The van der Waals surface area contributed by atoms with Crippen LogP contribution in [0, 0.1) is 0 Å².